The summed E-state index contributed by atoms with van der Waals surface area (Å²) in [6.45, 7) is 4.72. The van der Waals surface area contributed by atoms with Gasteiger partial charge in [-0.2, -0.15) is 0 Å². The molecule has 4 rings (SSSR count). The number of fused-ring (bicyclic) bond motifs is 1. The van der Waals surface area contributed by atoms with Gasteiger partial charge in [0.2, 0.25) is 0 Å². The average Bonchev–Trinajstić information content (AvgIpc) is 3.23. The van der Waals surface area contributed by atoms with Gasteiger partial charge in [0.1, 0.15) is 11.6 Å². The van der Waals surface area contributed by atoms with Gasteiger partial charge in [0.25, 0.3) is 5.91 Å². The van der Waals surface area contributed by atoms with E-state index in [-0.39, 0.29) is 30.8 Å². The fourth-order valence-corrected chi connectivity index (χ4v) is 4.27. The number of ketones is 1. The second kappa shape index (κ2) is 10.2. The van der Waals surface area contributed by atoms with Gasteiger partial charge < -0.3 is 14.6 Å². The lowest BCUT2D eigenvalue weighted by molar-refractivity contribution is 0.0781. The molecule has 1 aliphatic rings. The topological polar surface area (TPSA) is 86.1 Å². The molecule has 3 aromatic rings. The quantitative estimate of drug-likeness (QED) is 0.497. The van der Waals surface area contributed by atoms with E-state index in [2.05, 4.69) is 15.3 Å². The van der Waals surface area contributed by atoms with E-state index in [4.69, 9.17) is 4.74 Å². The van der Waals surface area contributed by atoms with Crippen molar-refractivity contribution in [1.82, 2.24) is 19.9 Å². The Morgan fingerprint density at radius 1 is 1.24 bits per heavy atom. The van der Waals surface area contributed by atoms with Crippen LogP contribution in [0.3, 0.4) is 0 Å². The van der Waals surface area contributed by atoms with Crippen LogP contribution in [0.4, 0.5) is 8.78 Å². The lowest BCUT2D eigenvalue weighted by atomic mass is 9.90. The predicted octanol–water partition coefficient (Wildman–Crippen LogP) is 4.34. The Hall–Kier alpha value is -3.46. The van der Waals surface area contributed by atoms with E-state index < -0.39 is 17.6 Å². The Bertz CT molecular complexity index is 1200. The number of carbonyl (C=O) groups is 2. The van der Waals surface area contributed by atoms with Gasteiger partial charge in [-0.1, -0.05) is 13.0 Å². The standard InChI is InChI=1S/C25H26F2N4O3/c1-3-16(18-5-4-17(26)11-20(18)27)10-24(32)22-12-19(23-14-34-9-8-31(22)23)25(33)30-15(2)21-13-28-6-7-29-21/h4-7,11-13,15-16H,3,8-10,14H2,1-2H3,(H,30,33)/t15?,16-/m0/s1. The molecule has 0 radical (unpaired) electrons. The van der Waals surface area contributed by atoms with Crippen LogP contribution < -0.4 is 5.32 Å². The Kier molecular flexibility index (Phi) is 7.12. The third kappa shape index (κ3) is 4.89. The van der Waals surface area contributed by atoms with E-state index in [0.29, 0.717) is 47.8 Å². The molecule has 2 aromatic heterocycles. The van der Waals surface area contributed by atoms with Crippen molar-refractivity contribution in [2.24, 2.45) is 0 Å². The molecule has 178 valence electrons. The zero-order valence-corrected chi connectivity index (χ0v) is 19.1. The van der Waals surface area contributed by atoms with Crippen molar-refractivity contribution in [2.75, 3.05) is 6.61 Å². The number of nitrogens with zero attached hydrogens (tertiary/aromatic N) is 3. The summed E-state index contributed by atoms with van der Waals surface area (Å²) in [6.07, 6.45) is 5.24. The summed E-state index contributed by atoms with van der Waals surface area (Å²) in [5.41, 5.74) is 2.29. The molecule has 0 bridgehead atoms. The summed E-state index contributed by atoms with van der Waals surface area (Å²) in [5.74, 6) is -2.28. The lowest BCUT2D eigenvalue weighted by Crippen LogP contribution is -2.29. The molecule has 0 fully saturated rings. The second-order valence-corrected chi connectivity index (χ2v) is 8.32. The number of aromatic nitrogens is 3. The number of benzene rings is 1. The lowest BCUT2D eigenvalue weighted by Gasteiger charge is -2.20. The first-order chi connectivity index (χ1) is 16.4. The molecule has 3 heterocycles. The molecule has 1 unspecified atom stereocenters. The summed E-state index contributed by atoms with van der Waals surface area (Å²) in [5, 5.41) is 2.90. The van der Waals surface area contributed by atoms with Crippen molar-refractivity contribution >= 4 is 11.7 Å². The van der Waals surface area contributed by atoms with Crippen molar-refractivity contribution in [3.05, 3.63) is 82.7 Å². The molecule has 1 N–H and O–H groups in total. The Balaban J connectivity index is 1.58. The number of nitrogens with one attached hydrogen (secondary N) is 1. The maximum Gasteiger partial charge on any atom is 0.253 e. The van der Waals surface area contributed by atoms with Gasteiger partial charge in [-0.25, -0.2) is 8.78 Å². The highest BCUT2D eigenvalue weighted by Gasteiger charge is 2.28. The van der Waals surface area contributed by atoms with Crippen LogP contribution in [0.2, 0.25) is 0 Å². The van der Waals surface area contributed by atoms with Crippen LogP contribution in [0.5, 0.6) is 0 Å². The van der Waals surface area contributed by atoms with E-state index in [1.54, 1.807) is 31.6 Å². The molecule has 0 saturated carbocycles. The highest BCUT2D eigenvalue weighted by Crippen LogP contribution is 2.30. The predicted molar refractivity (Wildman–Crippen MR) is 120 cm³/mol. The van der Waals surface area contributed by atoms with Crippen molar-refractivity contribution in [3.8, 4) is 0 Å². The number of rotatable bonds is 8. The van der Waals surface area contributed by atoms with Gasteiger partial charge in [0.05, 0.1) is 48.1 Å². The summed E-state index contributed by atoms with van der Waals surface area (Å²) in [6, 6.07) is 4.62. The monoisotopic (exact) mass is 468 g/mol. The Labute approximate surface area is 196 Å². The molecule has 2 atom stereocenters. The molecule has 9 heteroatoms. The van der Waals surface area contributed by atoms with Crippen molar-refractivity contribution in [2.45, 2.75) is 51.8 Å². The molecule has 7 nitrogen and oxygen atoms in total. The SMILES string of the molecule is CC[C@@H](CC(=O)c1cc(C(=O)NC(C)c2cnccn2)c2n1CCOC2)c1ccc(F)cc1F. The third-order valence-electron chi connectivity index (χ3n) is 6.14. The summed E-state index contributed by atoms with van der Waals surface area (Å²) in [4.78, 5) is 34.6. The van der Waals surface area contributed by atoms with Crippen LogP contribution in [-0.2, 0) is 17.9 Å². The van der Waals surface area contributed by atoms with Gasteiger partial charge in [-0.05, 0) is 37.0 Å². The van der Waals surface area contributed by atoms with E-state index in [0.717, 1.165) is 6.07 Å². The Morgan fingerprint density at radius 3 is 2.76 bits per heavy atom. The summed E-state index contributed by atoms with van der Waals surface area (Å²) in [7, 11) is 0. The van der Waals surface area contributed by atoms with Crippen LogP contribution in [0, 0.1) is 11.6 Å². The smallest absolute Gasteiger partial charge is 0.253 e. The fraction of sp³-hybridized carbons (Fsp3) is 0.360. The van der Waals surface area contributed by atoms with Crippen LogP contribution in [0.15, 0.2) is 42.9 Å². The molecule has 34 heavy (non-hydrogen) atoms. The largest absolute Gasteiger partial charge is 0.373 e. The number of halogens is 2. The first-order valence-electron chi connectivity index (χ1n) is 11.2. The zero-order valence-electron chi connectivity index (χ0n) is 19.1. The molecule has 0 spiro atoms. The second-order valence-electron chi connectivity index (χ2n) is 8.32. The number of Topliss-reactive ketones (excluding diaryl/α,β-unsaturated/α-hetero) is 1. The van der Waals surface area contributed by atoms with Crippen LogP contribution >= 0.6 is 0 Å². The van der Waals surface area contributed by atoms with Crippen LogP contribution in [0.25, 0.3) is 0 Å². The highest BCUT2D eigenvalue weighted by molar-refractivity contribution is 6.01. The van der Waals surface area contributed by atoms with E-state index in [1.807, 2.05) is 11.5 Å². The van der Waals surface area contributed by atoms with Gasteiger partial charge in [0, 0.05) is 31.4 Å². The third-order valence-corrected chi connectivity index (χ3v) is 6.14. The van der Waals surface area contributed by atoms with Gasteiger partial charge in [0.15, 0.2) is 5.78 Å². The van der Waals surface area contributed by atoms with Crippen LogP contribution in [-0.4, -0.2) is 32.8 Å². The highest BCUT2D eigenvalue weighted by atomic mass is 19.1. The number of hydrogen-bond acceptors (Lipinski definition) is 5. The van der Waals surface area contributed by atoms with Crippen LogP contribution in [0.1, 0.15) is 76.4 Å². The molecule has 0 aliphatic carbocycles. The van der Waals surface area contributed by atoms with E-state index >= 15 is 0 Å². The maximum atomic E-state index is 14.3. The summed E-state index contributed by atoms with van der Waals surface area (Å²) >= 11 is 0. The van der Waals surface area contributed by atoms with Gasteiger partial charge >= 0.3 is 0 Å². The van der Waals surface area contributed by atoms with E-state index in [9.17, 15) is 18.4 Å². The van der Waals surface area contributed by atoms with Gasteiger partial charge in [-0.3, -0.25) is 19.6 Å². The zero-order chi connectivity index (χ0) is 24.2. The maximum absolute atomic E-state index is 14.3. The minimum absolute atomic E-state index is 0.0421. The number of hydrogen-bond donors (Lipinski definition) is 1. The minimum atomic E-state index is -0.664. The minimum Gasteiger partial charge on any atom is -0.373 e. The van der Waals surface area contributed by atoms with Crippen molar-refractivity contribution in [1.29, 1.82) is 0 Å². The molecule has 1 aliphatic heterocycles. The first-order valence-corrected chi connectivity index (χ1v) is 11.2. The molecule has 1 aromatic carbocycles. The number of amides is 1. The molecular weight excluding hydrogens is 442 g/mol. The van der Waals surface area contributed by atoms with E-state index in [1.165, 1.54) is 12.1 Å². The molecular formula is C25H26F2N4O3. The van der Waals surface area contributed by atoms with Crippen molar-refractivity contribution < 1.29 is 23.1 Å². The Morgan fingerprint density at radius 2 is 2.06 bits per heavy atom. The molecule has 1 amide bonds. The molecule has 0 saturated heterocycles. The fourth-order valence-electron chi connectivity index (χ4n) is 4.27. The normalized spacial score (nSPS) is 14.8. The number of carbonyl (C=O) groups excluding carboxylic acids is 2. The first kappa shape index (κ1) is 23.7. The number of ether oxygens (including phenoxy) is 1. The average molecular weight is 469 g/mol. The summed E-state index contributed by atoms with van der Waals surface area (Å²) < 4.78 is 35.0. The van der Waals surface area contributed by atoms with Crippen molar-refractivity contribution in [3.63, 3.8) is 0 Å². The van der Waals surface area contributed by atoms with Gasteiger partial charge in [-0.15, -0.1) is 0 Å².